The number of esters is 1. The number of hydrogen-bond acceptors (Lipinski definition) is 7. The maximum absolute atomic E-state index is 12.9. The zero-order valence-corrected chi connectivity index (χ0v) is 25.0. The van der Waals surface area contributed by atoms with Crippen LogP contribution in [0.5, 0.6) is 0 Å². The molecule has 1 aromatic heterocycles. The van der Waals surface area contributed by atoms with Gasteiger partial charge in [0.1, 0.15) is 5.82 Å². The summed E-state index contributed by atoms with van der Waals surface area (Å²) in [6.45, 7) is 6.02. The second kappa shape index (κ2) is 20.7. The van der Waals surface area contributed by atoms with E-state index in [2.05, 4.69) is 16.9 Å². The number of aromatic amines is 1. The van der Waals surface area contributed by atoms with E-state index in [1.807, 2.05) is 13.8 Å². The quantitative estimate of drug-likeness (QED) is 0.0727. The number of Topliss-reactive ketones (excluding diaryl/α,β-unsaturated/α-hetero) is 1. The van der Waals surface area contributed by atoms with Crippen LogP contribution in [0.25, 0.3) is 0 Å². The third-order valence-corrected chi connectivity index (χ3v) is 8.00. The van der Waals surface area contributed by atoms with Gasteiger partial charge in [0.25, 0.3) is 0 Å². The van der Waals surface area contributed by atoms with Crippen LogP contribution in [0.4, 0.5) is 5.82 Å². The Hall–Kier alpha value is -2.22. The Morgan fingerprint density at radius 1 is 0.872 bits per heavy atom. The average Bonchev–Trinajstić information content (AvgIpc) is 2.92. The number of aromatic nitrogens is 2. The van der Waals surface area contributed by atoms with Gasteiger partial charge in [-0.3, -0.25) is 14.6 Å². The van der Waals surface area contributed by atoms with Crippen molar-refractivity contribution in [1.82, 2.24) is 9.97 Å². The molecule has 0 unspecified atom stereocenters. The van der Waals surface area contributed by atoms with Gasteiger partial charge in [-0.2, -0.15) is 0 Å². The monoisotopic (exact) mass is 548 g/mol. The summed E-state index contributed by atoms with van der Waals surface area (Å²) in [7, 11) is 0. The van der Waals surface area contributed by atoms with Crippen LogP contribution in [0.2, 0.25) is 0 Å². The highest BCUT2D eigenvalue weighted by molar-refractivity contribution is 6.03. The van der Waals surface area contributed by atoms with E-state index in [-0.39, 0.29) is 24.0 Å². The second-order valence-corrected chi connectivity index (χ2v) is 11.4. The van der Waals surface area contributed by atoms with E-state index < -0.39 is 22.9 Å². The van der Waals surface area contributed by atoms with Gasteiger partial charge < -0.3 is 16.2 Å². The smallest absolute Gasteiger partial charge is 0.346 e. The van der Waals surface area contributed by atoms with Crippen LogP contribution in [0.15, 0.2) is 11.0 Å². The summed E-state index contributed by atoms with van der Waals surface area (Å²) in [5.74, 6) is -0.768. The predicted octanol–water partition coefficient (Wildman–Crippen LogP) is 6.86. The SMILES string of the molecule is CCCCCCCCCCCCCCCCCCCC(=O)OC[C@](C)(CC)[C@H](N)C(=O)c1cnc(=O)[nH]c1N. The van der Waals surface area contributed by atoms with Crippen molar-refractivity contribution in [1.29, 1.82) is 0 Å². The predicted molar refractivity (Wildman–Crippen MR) is 160 cm³/mol. The van der Waals surface area contributed by atoms with E-state index in [1.54, 1.807) is 0 Å². The molecule has 0 radical (unpaired) electrons. The summed E-state index contributed by atoms with van der Waals surface area (Å²) >= 11 is 0. The Labute approximate surface area is 236 Å². The number of unbranched alkanes of at least 4 members (excludes halogenated alkanes) is 16. The number of rotatable bonds is 24. The van der Waals surface area contributed by atoms with Crippen LogP contribution < -0.4 is 17.2 Å². The van der Waals surface area contributed by atoms with Crippen molar-refractivity contribution in [2.75, 3.05) is 12.3 Å². The van der Waals surface area contributed by atoms with Crippen molar-refractivity contribution >= 4 is 17.6 Å². The molecule has 2 atom stereocenters. The Bertz CT molecular complexity index is 872. The lowest BCUT2D eigenvalue weighted by Gasteiger charge is -2.33. The number of nitrogen functional groups attached to an aromatic ring is 1. The van der Waals surface area contributed by atoms with E-state index >= 15 is 0 Å². The topological polar surface area (TPSA) is 141 Å². The maximum Gasteiger partial charge on any atom is 0.346 e. The molecule has 0 saturated carbocycles. The normalized spacial score (nSPS) is 13.6. The van der Waals surface area contributed by atoms with Crippen LogP contribution in [0, 0.1) is 5.41 Å². The summed E-state index contributed by atoms with van der Waals surface area (Å²) in [5.41, 5.74) is 10.7. The van der Waals surface area contributed by atoms with Gasteiger partial charge in [0.2, 0.25) is 0 Å². The third kappa shape index (κ3) is 14.7. The Morgan fingerprint density at radius 3 is 1.77 bits per heavy atom. The minimum Gasteiger partial charge on any atom is -0.465 e. The number of hydrogen-bond donors (Lipinski definition) is 3. The number of anilines is 1. The van der Waals surface area contributed by atoms with Gasteiger partial charge in [0, 0.05) is 18.0 Å². The number of nitrogens with zero attached hydrogens (tertiary/aromatic N) is 1. The Morgan fingerprint density at radius 2 is 1.33 bits per heavy atom. The number of ether oxygens (including phenoxy) is 1. The summed E-state index contributed by atoms with van der Waals surface area (Å²) in [6, 6.07) is -0.953. The molecule has 0 amide bonds. The zero-order valence-electron chi connectivity index (χ0n) is 25.0. The fraction of sp³-hybridized carbons (Fsp3) is 0.806. The van der Waals surface area contributed by atoms with Crippen LogP contribution in [-0.4, -0.2) is 34.4 Å². The molecular weight excluding hydrogens is 492 g/mol. The molecule has 0 aliphatic rings. The van der Waals surface area contributed by atoms with Gasteiger partial charge in [0.05, 0.1) is 18.2 Å². The molecule has 0 aliphatic heterocycles. The summed E-state index contributed by atoms with van der Waals surface area (Å²) in [6.07, 6.45) is 24.1. The molecule has 8 heteroatoms. The lowest BCUT2D eigenvalue weighted by atomic mass is 9.77. The maximum atomic E-state index is 12.9. The number of H-pyrrole nitrogens is 1. The minimum absolute atomic E-state index is 0.0465. The lowest BCUT2D eigenvalue weighted by Crippen LogP contribution is -2.48. The van der Waals surface area contributed by atoms with Gasteiger partial charge >= 0.3 is 11.7 Å². The summed E-state index contributed by atoms with van der Waals surface area (Å²) in [5, 5.41) is 0. The molecule has 1 heterocycles. The van der Waals surface area contributed by atoms with Crippen LogP contribution in [0.1, 0.15) is 153 Å². The highest BCUT2D eigenvalue weighted by Gasteiger charge is 2.37. The van der Waals surface area contributed by atoms with Crippen molar-refractivity contribution in [3.05, 3.63) is 22.2 Å². The molecule has 0 bridgehead atoms. The first-order valence-electron chi connectivity index (χ1n) is 15.5. The molecule has 1 rings (SSSR count). The molecule has 8 nitrogen and oxygen atoms in total. The molecule has 224 valence electrons. The average molecular weight is 549 g/mol. The molecular formula is C31H56N4O4. The second-order valence-electron chi connectivity index (χ2n) is 11.4. The molecule has 0 spiro atoms. The fourth-order valence-electron chi connectivity index (χ4n) is 4.81. The van der Waals surface area contributed by atoms with Crippen molar-refractivity contribution in [3.8, 4) is 0 Å². The first kappa shape index (κ1) is 34.8. The third-order valence-electron chi connectivity index (χ3n) is 8.00. The fourth-order valence-corrected chi connectivity index (χ4v) is 4.81. The zero-order chi connectivity index (χ0) is 28.9. The van der Waals surface area contributed by atoms with Crippen molar-refractivity contribution in [3.63, 3.8) is 0 Å². The van der Waals surface area contributed by atoms with Gasteiger partial charge in [-0.05, 0) is 12.8 Å². The van der Waals surface area contributed by atoms with Crippen molar-refractivity contribution in [2.45, 2.75) is 149 Å². The number of nitrogens with two attached hydrogens (primary N) is 2. The highest BCUT2D eigenvalue weighted by atomic mass is 16.5. The van der Waals surface area contributed by atoms with E-state index in [0.717, 1.165) is 25.5 Å². The number of carbonyl (C=O) groups is 2. The van der Waals surface area contributed by atoms with E-state index in [4.69, 9.17) is 16.2 Å². The molecule has 39 heavy (non-hydrogen) atoms. The summed E-state index contributed by atoms with van der Waals surface area (Å²) in [4.78, 5) is 42.3. The van der Waals surface area contributed by atoms with Gasteiger partial charge in [-0.25, -0.2) is 9.78 Å². The van der Waals surface area contributed by atoms with Crippen LogP contribution >= 0.6 is 0 Å². The van der Waals surface area contributed by atoms with Gasteiger partial charge in [-0.1, -0.05) is 124 Å². The van der Waals surface area contributed by atoms with E-state index in [9.17, 15) is 14.4 Å². The molecule has 0 fully saturated rings. The molecule has 1 aromatic rings. The number of nitrogens with one attached hydrogen (secondary N) is 1. The summed E-state index contributed by atoms with van der Waals surface area (Å²) < 4.78 is 5.51. The first-order valence-corrected chi connectivity index (χ1v) is 15.5. The highest BCUT2D eigenvalue weighted by Crippen LogP contribution is 2.28. The molecule has 0 aliphatic carbocycles. The largest absolute Gasteiger partial charge is 0.465 e. The standard InChI is InChI=1S/C31H56N4O4/c1-4-6-7-8-9-10-11-12-13-14-15-16-17-18-19-20-21-22-26(36)39-24-31(3,5-2)28(32)27(37)25-23-34-30(38)35-29(25)33/h23,28H,4-22,24,32H2,1-3H3,(H3,33,34,35,38)/t28-,31+/m1/s1. The first-order chi connectivity index (χ1) is 18.7. The molecule has 0 saturated heterocycles. The molecule has 0 aromatic carbocycles. The number of carbonyl (C=O) groups excluding carboxylic acids is 2. The van der Waals surface area contributed by atoms with E-state index in [1.165, 1.54) is 89.9 Å². The lowest BCUT2D eigenvalue weighted by molar-refractivity contribution is -0.147. The van der Waals surface area contributed by atoms with Gasteiger partial charge in [0.15, 0.2) is 5.78 Å². The van der Waals surface area contributed by atoms with Gasteiger partial charge in [-0.15, -0.1) is 0 Å². The van der Waals surface area contributed by atoms with Crippen molar-refractivity contribution in [2.24, 2.45) is 11.1 Å². The number of ketones is 1. The Balaban J connectivity index is 2.10. The van der Waals surface area contributed by atoms with Crippen LogP contribution in [0.3, 0.4) is 0 Å². The Kier molecular flexibility index (Phi) is 18.4. The van der Waals surface area contributed by atoms with E-state index in [0.29, 0.717) is 12.8 Å². The van der Waals surface area contributed by atoms with Crippen molar-refractivity contribution < 1.29 is 14.3 Å². The molecule has 5 N–H and O–H groups in total. The minimum atomic E-state index is -0.953. The van der Waals surface area contributed by atoms with Crippen LogP contribution in [-0.2, 0) is 9.53 Å².